The van der Waals surface area contributed by atoms with Crippen LogP contribution in [0, 0.1) is 11.3 Å². The third-order valence-electron chi connectivity index (χ3n) is 2.93. The van der Waals surface area contributed by atoms with Crippen molar-refractivity contribution in [2.75, 3.05) is 12.3 Å². The van der Waals surface area contributed by atoms with Gasteiger partial charge in [-0.2, -0.15) is 5.26 Å². The molecule has 2 aromatic rings. The highest BCUT2D eigenvalue weighted by Gasteiger charge is 2.06. The fourth-order valence-corrected chi connectivity index (χ4v) is 2.82. The van der Waals surface area contributed by atoms with Gasteiger partial charge in [-0.3, -0.25) is 0 Å². The molecule has 1 atom stereocenters. The number of benzene rings is 2. The Balaban J connectivity index is 1.99. The zero-order valence-corrected chi connectivity index (χ0v) is 11.9. The lowest BCUT2D eigenvalue weighted by molar-refractivity contribution is 0.637. The number of nitriles is 1. The predicted octanol–water partition coefficient (Wildman–Crippen LogP) is 3.82. The Bertz CT molecular complexity index is 574. The first-order valence-electron chi connectivity index (χ1n) is 6.58. The molecule has 2 rings (SSSR count). The van der Waals surface area contributed by atoms with Crippen LogP contribution in [0.25, 0.3) is 10.8 Å². The van der Waals surface area contributed by atoms with Crippen LogP contribution >= 0.6 is 11.8 Å². The van der Waals surface area contributed by atoms with Crippen LogP contribution in [-0.2, 0) is 0 Å². The van der Waals surface area contributed by atoms with Gasteiger partial charge in [-0.1, -0.05) is 37.3 Å². The summed E-state index contributed by atoms with van der Waals surface area (Å²) in [6, 6.07) is 17.0. The Hall–Kier alpha value is -1.50. The minimum absolute atomic E-state index is 0.0728. The summed E-state index contributed by atoms with van der Waals surface area (Å²) < 4.78 is 0. The largest absolute Gasteiger partial charge is 0.301 e. The van der Waals surface area contributed by atoms with Crippen molar-refractivity contribution in [3.8, 4) is 6.07 Å². The molecule has 0 saturated carbocycles. The number of hydrogen-bond donors (Lipinski definition) is 1. The Labute approximate surface area is 118 Å². The number of nitrogens with zero attached hydrogens (tertiary/aromatic N) is 1. The number of fused-ring (bicyclic) bond motifs is 1. The summed E-state index contributed by atoms with van der Waals surface area (Å²) in [6.07, 6.45) is 1.05. The zero-order chi connectivity index (χ0) is 13.5. The third-order valence-corrected chi connectivity index (χ3v) is 4.02. The first-order valence-corrected chi connectivity index (χ1v) is 7.56. The highest BCUT2D eigenvalue weighted by molar-refractivity contribution is 7.99. The molecule has 0 fully saturated rings. The van der Waals surface area contributed by atoms with Crippen LogP contribution in [0.5, 0.6) is 0 Å². The Kier molecular flexibility index (Phi) is 5.26. The standard InChI is InChI=1S/C16H18N2S/c1-2-9-18-15(11-17)12-19-16-8-7-13-5-3-4-6-14(13)10-16/h3-8,10,15,18H,2,9,12H2,1H3. The first kappa shape index (κ1) is 13.9. The summed E-state index contributed by atoms with van der Waals surface area (Å²) in [6.45, 7) is 3.01. The van der Waals surface area contributed by atoms with Crippen LogP contribution in [0.1, 0.15) is 13.3 Å². The van der Waals surface area contributed by atoms with Crippen molar-refractivity contribution in [1.29, 1.82) is 5.26 Å². The van der Waals surface area contributed by atoms with Crippen molar-refractivity contribution in [2.24, 2.45) is 0 Å². The zero-order valence-electron chi connectivity index (χ0n) is 11.1. The Morgan fingerprint density at radius 3 is 2.74 bits per heavy atom. The van der Waals surface area contributed by atoms with Gasteiger partial charge in [-0.05, 0) is 35.9 Å². The molecular formula is C16H18N2S. The summed E-state index contributed by atoms with van der Waals surface area (Å²) in [5.74, 6) is 0.787. The van der Waals surface area contributed by atoms with E-state index in [0.29, 0.717) is 0 Å². The summed E-state index contributed by atoms with van der Waals surface area (Å²) >= 11 is 1.73. The predicted molar refractivity (Wildman–Crippen MR) is 82.4 cm³/mol. The molecule has 0 saturated heterocycles. The lowest BCUT2D eigenvalue weighted by atomic mass is 10.1. The topological polar surface area (TPSA) is 35.8 Å². The molecule has 2 nitrogen and oxygen atoms in total. The molecule has 0 bridgehead atoms. The molecule has 1 N–H and O–H groups in total. The van der Waals surface area contributed by atoms with Gasteiger partial charge in [0.15, 0.2) is 0 Å². The van der Waals surface area contributed by atoms with Gasteiger partial charge in [0, 0.05) is 10.6 Å². The summed E-state index contributed by atoms with van der Waals surface area (Å²) in [7, 11) is 0. The van der Waals surface area contributed by atoms with Gasteiger partial charge in [0.1, 0.15) is 6.04 Å². The van der Waals surface area contributed by atoms with Crippen LogP contribution in [0.4, 0.5) is 0 Å². The first-order chi connectivity index (χ1) is 9.33. The smallest absolute Gasteiger partial charge is 0.105 e. The number of nitrogens with one attached hydrogen (secondary N) is 1. The summed E-state index contributed by atoms with van der Waals surface area (Å²) in [5.41, 5.74) is 0. The van der Waals surface area contributed by atoms with E-state index in [1.54, 1.807) is 11.8 Å². The molecule has 98 valence electrons. The molecule has 0 spiro atoms. The normalized spacial score (nSPS) is 12.2. The van der Waals surface area contributed by atoms with Crippen molar-refractivity contribution in [1.82, 2.24) is 5.32 Å². The minimum Gasteiger partial charge on any atom is -0.301 e. The second-order valence-electron chi connectivity index (χ2n) is 4.46. The lowest BCUT2D eigenvalue weighted by Gasteiger charge is -2.10. The van der Waals surface area contributed by atoms with E-state index in [1.165, 1.54) is 15.7 Å². The van der Waals surface area contributed by atoms with Crippen LogP contribution in [0.3, 0.4) is 0 Å². The monoisotopic (exact) mass is 270 g/mol. The van der Waals surface area contributed by atoms with E-state index >= 15 is 0 Å². The van der Waals surface area contributed by atoms with E-state index in [-0.39, 0.29) is 6.04 Å². The molecule has 0 aromatic heterocycles. The van der Waals surface area contributed by atoms with Gasteiger partial charge >= 0.3 is 0 Å². The minimum atomic E-state index is -0.0728. The molecule has 0 amide bonds. The number of rotatable bonds is 6. The molecule has 0 radical (unpaired) electrons. The SMILES string of the molecule is CCCNC(C#N)CSc1ccc2ccccc2c1. The van der Waals surface area contributed by atoms with E-state index in [2.05, 4.69) is 60.8 Å². The number of hydrogen-bond acceptors (Lipinski definition) is 3. The highest BCUT2D eigenvalue weighted by atomic mass is 32.2. The average molecular weight is 270 g/mol. The van der Waals surface area contributed by atoms with Crippen LogP contribution in [0.15, 0.2) is 47.4 Å². The Morgan fingerprint density at radius 2 is 2.00 bits per heavy atom. The molecule has 0 aliphatic rings. The molecule has 1 unspecified atom stereocenters. The maximum absolute atomic E-state index is 9.08. The van der Waals surface area contributed by atoms with Crippen molar-refractivity contribution in [3.63, 3.8) is 0 Å². The Morgan fingerprint density at radius 1 is 1.21 bits per heavy atom. The second kappa shape index (κ2) is 7.18. The fourth-order valence-electron chi connectivity index (χ4n) is 1.90. The quantitative estimate of drug-likeness (QED) is 0.810. The van der Waals surface area contributed by atoms with Gasteiger partial charge in [-0.25, -0.2) is 0 Å². The van der Waals surface area contributed by atoms with Gasteiger partial charge in [0.25, 0.3) is 0 Å². The molecule has 3 heteroatoms. The van der Waals surface area contributed by atoms with Crippen LogP contribution < -0.4 is 5.32 Å². The second-order valence-corrected chi connectivity index (χ2v) is 5.55. The van der Waals surface area contributed by atoms with E-state index < -0.39 is 0 Å². The lowest BCUT2D eigenvalue weighted by Crippen LogP contribution is -2.30. The fraction of sp³-hybridized carbons (Fsp3) is 0.312. The average Bonchev–Trinajstić information content (AvgIpc) is 2.47. The molecule has 0 aliphatic heterocycles. The van der Waals surface area contributed by atoms with Crippen molar-refractivity contribution in [3.05, 3.63) is 42.5 Å². The maximum Gasteiger partial charge on any atom is 0.105 e. The van der Waals surface area contributed by atoms with Gasteiger partial charge in [0.05, 0.1) is 6.07 Å². The van der Waals surface area contributed by atoms with E-state index in [0.717, 1.165) is 18.7 Å². The van der Waals surface area contributed by atoms with E-state index in [1.807, 2.05) is 0 Å². The van der Waals surface area contributed by atoms with Crippen molar-refractivity contribution in [2.45, 2.75) is 24.3 Å². The third kappa shape index (κ3) is 3.99. The van der Waals surface area contributed by atoms with E-state index in [9.17, 15) is 0 Å². The molecule has 0 heterocycles. The molecule has 2 aromatic carbocycles. The molecular weight excluding hydrogens is 252 g/mol. The van der Waals surface area contributed by atoms with Gasteiger partial charge < -0.3 is 5.32 Å². The van der Waals surface area contributed by atoms with Crippen molar-refractivity contribution >= 4 is 22.5 Å². The maximum atomic E-state index is 9.08. The summed E-state index contributed by atoms with van der Waals surface area (Å²) in [4.78, 5) is 1.22. The molecule has 0 aliphatic carbocycles. The molecule has 19 heavy (non-hydrogen) atoms. The van der Waals surface area contributed by atoms with E-state index in [4.69, 9.17) is 5.26 Å². The van der Waals surface area contributed by atoms with Crippen LogP contribution in [0.2, 0.25) is 0 Å². The van der Waals surface area contributed by atoms with Gasteiger partial charge in [-0.15, -0.1) is 11.8 Å². The van der Waals surface area contributed by atoms with Gasteiger partial charge in [0.2, 0.25) is 0 Å². The highest BCUT2D eigenvalue weighted by Crippen LogP contribution is 2.24. The van der Waals surface area contributed by atoms with Crippen molar-refractivity contribution < 1.29 is 0 Å². The number of thioether (sulfide) groups is 1. The van der Waals surface area contributed by atoms with Crippen LogP contribution in [-0.4, -0.2) is 18.3 Å². The summed E-state index contributed by atoms with van der Waals surface area (Å²) in [5, 5.41) is 14.8.